The van der Waals surface area contributed by atoms with E-state index in [2.05, 4.69) is 15.0 Å². The maximum atomic E-state index is 12.8. The van der Waals surface area contributed by atoms with Crippen LogP contribution in [0.15, 0.2) is 35.3 Å². The molecule has 1 aliphatic rings. The molecule has 1 saturated carbocycles. The normalized spacial score (nSPS) is 14.7. The zero-order chi connectivity index (χ0) is 18.3. The van der Waals surface area contributed by atoms with E-state index in [-0.39, 0.29) is 18.0 Å². The number of carbonyl (C=O) groups excluding carboxylic acids is 1. The number of aromatic amines is 1. The van der Waals surface area contributed by atoms with Gasteiger partial charge in [-0.2, -0.15) is 13.2 Å². The molecule has 136 valence electrons. The van der Waals surface area contributed by atoms with Gasteiger partial charge in [-0.3, -0.25) is 4.79 Å². The highest BCUT2D eigenvalue weighted by molar-refractivity contribution is 5.96. The van der Waals surface area contributed by atoms with Crippen molar-refractivity contribution in [3.8, 4) is 11.5 Å². The van der Waals surface area contributed by atoms with Crippen molar-refractivity contribution >= 4 is 16.9 Å². The number of rotatable bonds is 5. The summed E-state index contributed by atoms with van der Waals surface area (Å²) in [5.74, 6) is -0.239. The molecule has 0 spiro atoms. The number of nitrogens with zero attached hydrogens (tertiary/aromatic N) is 3. The first-order valence-electron chi connectivity index (χ1n) is 8.14. The van der Waals surface area contributed by atoms with Gasteiger partial charge >= 0.3 is 6.18 Å². The van der Waals surface area contributed by atoms with Crippen molar-refractivity contribution in [2.24, 2.45) is 5.92 Å². The van der Waals surface area contributed by atoms with E-state index in [9.17, 15) is 18.0 Å². The number of aromatic nitrogens is 3. The van der Waals surface area contributed by atoms with Gasteiger partial charge in [-0.1, -0.05) is 0 Å². The lowest BCUT2D eigenvalue weighted by atomic mass is 10.2. The summed E-state index contributed by atoms with van der Waals surface area (Å²) in [5, 5.41) is 0.700. The predicted molar refractivity (Wildman–Crippen MR) is 86.3 cm³/mol. The Morgan fingerprint density at radius 3 is 2.88 bits per heavy atom. The average Bonchev–Trinajstić information content (AvgIpc) is 3.09. The first-order chi connectivity index (χ1) is 12.4. The van der Waals surface area contributed by atoms with E-state index < -0.39 is 18.6 Å². The van der Waals surface area contributed by atoms with Gasteiger partial charge in [0.1, 0.15) is 30.5 Å². The van der Waals surface area contributed by atoms with Crippen LogP contribution in [-0.4, -0.2) is 45.0 Å². The summed E-state index contributed by atoms with van der Waals surface area (Å²) in [6, 6.07) is 3.19. The molecule has 4 rings (SSSR count). The van der Waals surface area contributed by atoms with Crippen LogP contribution in [0.25, 0.3) is 22.5 Å². The fourth-order valence-electron chi connectivity index (χ4n) is 2.87. The highest BCUT2D eigenvalue weighted by Crippen LogP contribution is 2.32. The van der Waals surface area contributed by atoms with Crippen molar-refractivity contribution in [3.05, 3.63) is 36.5 Å². The Hall–Kier alpha value is -2.84. The van der Waals surface area contributed by atoms with Crippen molar-refractivity contribution in [3.63, 3.8) is 0 Å². The van der Waals surface area contributed by atoms with E-state index in [0.29, 0.717) is 22.5 Å². The summed E-state index contributed by atoms with van der Waals surface area (Å²) < 4.78 is 43.9. The van der Waals surface area contributed by atoms with Crippen LogP contribution < -0.4 is 0 Å². The van der Waals surface area contributed by atoms with Crippen molar-refractivity contribution in [1.29, 1.82) is 0 Å². The first-order valence-corrected chi connectivity index (χ1v) is 8.14. The molecule has 0 unspecified atom stereocenters. The second-order valence-electron chi connectivity index (χ2n) is 6.41. The van der Waals surface area contributed by atoms with Crippen LogP contribution in [0, 0.1) is 5.92 Å². The van der Waals surface area contributed by atoms with Gasteiger partial charge in [-0.05, 0) is 30.9 Å². The minimum Gasteiger partial charge on any atom is -0.462 e. The SMILES string of the molecule is O=C(c1coc(-c2ncnc3[nH]ccc23)c1)N(CC1CC1)CC(F)(F)F. The molecule has 1 amide bonds. The van der Waals surface area contributed by atoms with E-state index in [1.54, 1.807) is 12.3 Å². The molecular weight excluding hydrogens is 349 g/mol. The summed E-state index contributed by atoms with van der Waals surface area (Å²) in [7, 11) is 0. The fourth-order valence-corrected chi connectivity index (χ4v) is 2.87. The van der Waals surface area contributed by atoms with Gasteiger partial charge < -0.3 is 14.3 Å². The van der Waals surface area contributed by atoms with Crippen molar-refractivity contribution < 1.29 is 22.4 Å². The van der Waals surface area contributed by atoms with Crippen LogP contribution in [0.5, 0.6) is 0 Å². The number of fused-ring (bicyclic) bond motifs is 1. The van der Waals surface area contributed by atoms with Gasteiger partial charge in [0.15, 0.2) is 5.76 Å². The molecule has 6 nitrogen and oxygen atoms in total. The molecule has 0 aliphatic heterocycles. The summed E-state index contributed by atoms with van der Waals surface area (Å²) in [6.45, 7) is -1.16. The second kappa shape index (κ2) is 6.15. The lowest BCUT2D eigenvalue weighted by Gasteiger charge is -2.23. The summed E-state index contributed by atoms with van der Waals surface area (Å²) >= 11 is 0. The molecule has 0 aromatic carbocycles. The zero-order valence-corrected chi connectivity index (χ0v) is 13.6. The molecule has 1 fully saturated rings. The molecule has 0 atom stereocenters. The maximum Gasteiger partial charge on any atom is 0.406 e. The Balaban J connectivity index is 1.61. The van der Waals surface area contributed by atoms with Crippen LogP contribution in [-0.2, 0) is 0 Å². The Labute approximate surface area is 146 Å². The highest BCUT2D eigenvalue weighted by atomic mass is 19.4. The molecule has 0 radical (unpaired) electrons. The Morgan fingerprint density at radius 1 is 1.35 bits per heavy atom. The van der Waals surface area contributed by atoms with E-state index in [4.69, 9.17) is 4.42 Å². The molecule has 1 N–H and O–H groups in total. The van der Waals surface area contributed by atoms with E-state index in [1.807, 2.05) is 0 Å². The van der Waals surface area contributed by atoms with Gasteiger partial charge in [-0.15, -0.1) is 0 Å². The van der Waals surface area contributed by atoms with Crippen LogP contribution >= 0.6 is 0 Å². The van der Waals surface area contributed by atoms with E-state index in [0.717, 1.165) is 17.7 Å². The molecular formula is C17H15F3N4O2. The van der Waals surface area contributed by atoms with Crippen LogP contribution in [0.4, 0.5) is 13.2 Å². The van der Waals surface area contributed by atoms with Crippen molar-refractivity contribution in [2.45, 2.75) is 19.0 Å². The third-order valence-corrected chi connectivity index (χ3v) is 4.27. The third-order valence-electron chi connectivity index (χ3n) is 4.27. The number of amides is 1. The number of H-pyrrole nitrogens is 1. The minimum atomic E-state index is -4.44. The second-order valence-corrected chi connectivity index (χ2v) is 6.41. The molecule has 0 saturated heterocycles. The van der Waals surface area contributed by atoms with Gasteiger partial charge in [0, 0.05) is 18.1 Å². The summed E-state index contributed by atoms with van der Waals surface area (Å²) in [6.07, 6.45) is 1.48. The fraction of sp³-hybridized carbons (Fsp3) is 0.353. The lowest BCUT2D eigenvalue weighted by Crippen LogP contribution is -2.40. The van der Waals surface area contributed by atoms with E-state index in [1.165, 1.54) is 18.7 Å². The van der Waals surface area contributed by atoms with E-state index >= 15 is 0 Å². The standard InChI is InChI=1S/C17H15F3N4O2/c18-17(19,20)8-24(6-10-1-2-10)16(25)11-5-13(26-7-11)14-12-3-4-21-15(12)23-9-22-14/h3-5,7,9-10H,1-2,6,8H2,(H,21,22,23). The predicted octanol–water partition coefficient (Wildman–Crippen LogP) is 3.63. The monoisotopic (exact) mass is 364 g/mol. The number of alkyl halides is 3. The third kappa shape index (κ3) is 3.42. The topological polar surface area (TPSA) is 75.0 Å². The minimum absolute atomic E-state index is 0.0761. The number of nitrogens with one attached hydrogen (secondary N) is 1. The first kappa shape index (κ1) is 16.6. The van der Waals surface area contributed by atoms with Gasteiger partial charge in [0.2, 0.25) is 0 Å². The largest absolute Gasteiger partial charge is 0.462 e. The van der Waals surface area contributed by atoms with Gasteiger partial charge in [0.05, 0.1) is 5.56 Å². The van der Waals surface area contributed by atoms with Crippen molar-refractivity contribution in [2.75, 3.05) is 13.1 Å². The average molecular weight is 364 g/mol. The molecule has 0 bridgehead atoms. The Kier molecular flexibility index (Phi) is 3.93. The summed E-state index contributed by atoms with van der Waals surface area (Å²) in [4.78, 5) is 24.6. The Bertz CT molecular complexity index is 943. The molecule has 3 aromatic heterocycles. The number of furan rings is 1. The lowest BCUT2D eigenvalue weighted by molar-refractivity contribution is -0.141. The molecule has 9 heteroatoms. The quantitative estimate of drug-likeness (QED) is 0.750. The number of carbonyl (C=O) groups is 1. The maximum absolute atomic E-state index is 12.8. The van der Waals surface area contributed by atoms with Crippen LogP contribution in [0.1, 0.15) is 23.2 Å². The van der Waals surface area contributed by atoms with Gasteiger partial charge in [0.25, 0.3) is 5.91 Å². The van der Waals surface area contributed by atoms with Crippen LogP contribution in [0.2, 0.25) is 0 Å². The van der Waals surface area contributed by atoms with Crippen LogP contribution in [0.3, 0.4) is 0 Å². The number of hydrogen-bond donors (Lipinski definition) is 1. The number of hydrogen-bond acceptors (Lipinski definition) is 4. The highest BCUT2D eigenvalue weighted by Gasteiger charge is 2.36. The molecule has 26 heavy (non-hydrogen) atoms. The molecule has 1 aliphatic carbocycles. The summed E-state index contributed by atoms with van der Waals surface area (Å²) in [5.41, 5.74) is 1.15. The van der Waals surface area contributed by atoms with Crippen molar-refractivity contribution in [1.82, 2.24) is 19.9 Å². The molecule has 3 heterocycles. The zero-order valence-electron chi connectivity index (χ0n) is 13.6. The Morgan fingerprint density at radius 2 is 2.15 bits per heavy atom. The molecule has 3 aromatic rings. The number of halogens is 3. The van der Waals surface area contributed by atoms with Gasteiger partial charge in [-0.25, -0.2) is 9.97 Å². The smallest absolute Gasteiger partial charge is 0.406 e.